The van der Waals surface area contributed by atoms with Crippen LogP contribution in [0.15, 0.2) is 12.1 Å². The molecule has 1 atom stereocenters. The number of carbonyl (C=O) groups is 1. The number of hydrogen-bond donors (Lipinski definition) is 2. The van der Waals surface area contributed by atoms with Crippen molar-refractivity contribution in [2.75, 3.05) is 26.4 Å². The molecule has 25 heavy (non-hydrogen) atoms. The fourth-order valence-corrected chi connectivity index (χ4v) is 2.64. The first-order chi connectivity index (χ1) is 11.6. The van der Waals surface area contributed by atoms with Crippen LogP contribution >= 0.6 is 12.4 Å². The van der Waals surface area contributed by atoms with Gasteiger partial charge in [0.05, 0.1) is 19.8 Å². The number of ether oxygens (including phenoxy) is 3. The number of carbonyl (C=O) groups excluding carboxylic acids is 1. The Morgan fingerprint density at radius 3 is 2.04 bits per heavy atom. The van der Waals surface area contributed by atoms with Gasteiger partial charge in [0.2, 0.25) is 5.75 Å². The topological polar surface area (TPSA) is 82.8 Å². The summed E-state index contributed by atoms with van der Waals surface area (Å²) >= 11 is 0. The molecule has 0 heterocycles. The van der Waals surface area contributed by atoms with Gasteiger partial charge in [0, 0.05) is 18.2 Å². The summed E-state index contributed by atoms with van der Waals surface area (Å²) < 4.78 is 17.0. The third-order valence-electron chi connectivity index (χ3n) is 3.93. The molecule has 0 spiro atoms. The van der Waals surface area contributed by atoms with Crippen LogP contribution in [0.5, 0.6) is 17.2 Å². The molecule has 1 fully saturated rings. The highest BCUT2D eigenvalue weighted by molar-refractivity contribution is 5.95. The van der Waals surface area contributed by atoms with E-state index < -0.39 is 0 Å². The third kappa shape index (κ3) is 5.68. The van der Waals surface area contributed by atoms with Gasteiger partial charge in [-0.15, -0.1) is 12.4 Å². The first-order valence-electron chi connectivity index (χ1n) is 8.71. The highest BCUT2D eigenvalue weighted by Gasteiger charge is 2.31. The molecular weight excluding hydrogens is 344 g/mol. The van der Waals surface area contributed by atoms with Gasteiger partial charge in [0.1, 0.15) is 0 Å². The predicted octanol–water partition coefficient (Wildman–Crippen LogP) is 2.77. The maximum atomic E-state index is 12.6. The number of nitrogens with one attached hydrogen (secondary N) is 1. The van der Waals surface area contributed by atoms with E-state index >= 15 is 0 Å². The van der Waals surface area contributed by atoms with Crippen molar-refractivity contribution >= 4 is 18.3 Å². The Morgan fingerprint density at radius 1 is 1.12 bits per heavy atom. The molecule has 0 radical (unpaired) electrons. The summed E-state index contributed by atoms with van der Waals surface area (Å²) in [5, 5.41) is 3.02. The lowest BCUT2D eigenvalue weighted by Crippen LogP contribution is -2.41. The summed E-state index contributed by atoms with van der Waals surface area (Å²) in [4.78, 5) is 12.6. The van der Waals surface area contributed by atoms with Gasteiger partial charge in [0.15, 0.2) is 11.5 Å². The Hall–Kier alpha value is -1.66. The molecule has 0 saturated heterocycles. The van der Waals surface area contributed by atoms with E-state index in [1.54, 1.807) is 12.1 Å². The Balaban J connectivity index is 0.00000312. The van der Waals surface area contributed by atoms with E-state index in [-0.39, 0.29) is 24.4 Å². The van der Waals surface area contributed by atoms with Crippen molar-refractivity contribution in [3.8, 4) is 17.2 Å². The van der Waals surface area contributed by atoms with Crippen molar-refractivity contribution in [3.05, 3.63) is 17.7 Å². The summed E-state index contributed by atoms with van der Waals surface area (Å²) in [6.45, 7) is 7.56. The summed E-state index contributed by atoms with van der Waals surface area (Å²) in [6.07, 6.45) is 2.25. The SMILES string of the molecule is CCOc1cc(C(=O)NC(CN)C2CC2)cc(OCC)c1OCC.Cl. The fourth-order valence-electron chi connectivity index (χ4n) is 2.64. The van der Waals surface area contributed by atoms with E-state index in [4.69, 9.17) is 19.9 Å². The predicted molar refractivity (Wildman–Crippen MR) is 100 cm³/mol. The zero-order valence-electron chi connectivity index (χ0n) is 15.2. The molecule has 1 aliphatic carbocycles. The smallest absolute Gasteiger partial charge is 0.251 e. The van der Waals surface area contributed by atoms with Crippen LogP contribution in [0.1, 0.15) is 44.0 Å². The highest BCUT2D eigenvalue weighted by Crippen LogP contribution is 2.39. The standard InChI is InChI=1S/C18H28N2O4.ClH/c1-4-22-15-9-13(10-16(23-5-2)17(15)24-6-3)18(21)20-14(11-19)12-7-8-12;/h9-10,12,14H,4-8,11,19H2,1-3H3,(H,20,21);1H. The Labute approximate surface area is 155 Å². The lowest BCUT2D eigenvalue weighted by molar-refractivity contribution is 0.0932. The lowest BCUT2D eigenvalue weighted by atomic mass is 10.1. The van der Waals surface area contributed by atoms with E-state index in [0.717, 1.165) is 12.8 Å². The normalized spacial score (nSPS) is 14.2. The van der Waals surface area contributed by atoms with Gasteiger partial charge < -0.3 is 25.3 Å². The zero-order valence-corrected chi connectivity index (χ0v) is 16.0. The number of benzene rings is 1. The van der Waals surface area contributed by atoms with Gasteiger partial charge in [0.25, 0.3) is 5.91 Å². The summed E-state index contributed by atoms with van der Waals surface area (Å²) in [6, 6.07) is 3.43. The van der Waals surface area contributed by atoms with Gasteiger partial charge >= 0.3 is 0 Å². The second kappa shape index (κ2) is 10.4. The van der Waals surface area contributed by atoms with Crippen molar-refractivity contribution in [1.82, 2.24) is 5.32 Å². The number of rotatable bonds is 10. The summed E-state index contributed by atoms with van der Waals surface area (Å²) in [5.74, 6) is 1.91. The number of amides is 1. The van der Waals surface area contributed by atoms with Crippen LogP contribution in [-0.4, -0.2) is 38.3 Å². The largest absolute Gasteiger partial charge is 0.490 e. The molecule has 1 aliphatic rings. The Bertz CT molecular complexity index is 537. The molecule has 142 valence electrons. The molecular formula is C18H29ClN2O4. The van der Waals surface area contributed by atoms with Crippen LogP contribution in [0.25, 0.3) is 0 Å². The van der Waals surface area contributed by atoms with Gasteiger partial charge in [-0.2, -0.15) is 0 Å². The van der Waals surface area contributed by atoms with E-state index in [0.29, 0.717) is 55.1 Å². The zero-order chi connectivity index (χ0) is 17.5. The van der Waals surface area contributed by atoms with Gasteiger partial charge in [-0.05, 0) is 51.7 Å². The van der Waals surface area contributed by atoms with Crippen molar-refractivity contribution in [1.29, 1.82) is 0 Å². The molecule has 6 nitrogen and oxygen atoms in total. The molecule has 0 aliphatic heterocycles. The van der Waals surface area contributed by atoms with Crippen LogP contribution in [-0.2, 0) is 0 Å². The van der Waals surface area contributed by atoms with Crippen LogP contribution in [0.4, 0.5) is 0 Å². The molecule has 1 aromatic rings. The Kier molecular flexibility index (Phi) is 8.86. The summed E-state index contributed by atoms with van der Waals surface area (Å²) in [7, 11) is 0. The molecule has 1 aromatic carbocycles. The van der Waals surface area contributed by atoms with Crippen molar-refractivity contribution in [3.63, 3.8) is 0 Å². The second-order valence-electron chi connectivity index (χ2n) is 5.75. The van der Waals surface area contributed by atoms with E-state index in [2.05, 4.69) is 5.32 Å². The molecule has 0 bridgehead atoms. The monoisotopic (exact) mass is 372 g/mol. The maximum absolute atomic E-state index is 12.6. The maximum Gasteiger partial charge on any atom is 0.251 e. The quantitative estimate of drug-likeness (QED) is 0.659. The van der Waals surface area contributed by atoms with Crippen LogP contribution in [0, 0.1) is 5.92 Å². The first-order valence-corrected chi connectivity index (χ1v) is 8.71. The minimum Gasteiger partial charge on any atom is -0.490 e. The fraction of sp³-hybridized carbons (Fsp3) is 0.611. The van der Waals surface area contributed by atoms with Crippen molar-refractivity contribution < 1.29 is 19.0 Å². The van der Waals surface area contributed by atoms with E-state index in [1.807, 2.05) is 20.8 Å². The Morgan fingerprint density at radius 2 is 1.64 bits per heavy atom. The van der Waals surface area contributed by atoms with E-state index in [1.165, 1.54) is 0 Å². The first kappa shape index (κ1) is 21.4. The van der Waals surface area contributed by atoms with Gasteiger partial charge in [-0.3, -0.25) is 4.79 Å². The number of hydrogen-bond acceptors (Lipinski definition) is 5. The number of halogens is 1. The highest BCUT2D eigenvalue weighted by atomic mass is 35.5. The average Bonchev–Trinajstić information content (AvgIpc) is 3.40. The van der Waals surface area contributed by atoms with Gasteiger partial charge in [-0.25, -0.2) is 0 Å². The van der Waals surface area contributed by atoms with Crippen molar-refractivity contribution in [2.24, 2.45) is 11.7 Å². The molecule has 1 saturated carbocycles. The molecule has 1 amide bonds. The molecule has 7 heteroatoms. The molecule has 1 unspecified atom stereocenters. The average molecular weight is 373 g/mol. The van der Waals surface area contributed by atoms with Crippen LogP contribution in [0.2, 0.25) is 0 Å². The number of nitrogens with two attached hydrogens (primary N) is 1. The molecule has 3 N–H and O–H groups in total. The van der Waals surface area contributed by atoms with Crippen LogP contribution < -0.4 is 25.3 Å². The van der Waals surface area contributed by atoms with Crippen molar-refractivity contribution in [2.45, 2.75) is 39.7 Å². The minimum absolute atomic E-state index is 0. The minimum atomic E-state index is -0.165. The second-order valence-corrected chi connectivity index (χ2v) is 5.75. The molecule has 0 aromatic heterocycles. The van der Waals surface area contributed by atoms with Crippen LogP contribution in [0.3, 0.4) is 0 Å². The lowest BCUT2D eigenvalue weighted by Gasteiger charge is -2.19. The van der Waals surface area contributed by atoms with Gasteiger partial charge in [-0.1, -0.05) is 0 Å². The van der Waals surface area contributed by atoms with E-state index in [9.17, 15) is 4.79 Å². The third-order valence-corrected chi connectivity index (χ3v) is 3.93. The molecule has 2 rings (SSSR count). The summed E-state index contributed by atoms with van der Waals surface area (Å²) in [5.41, 5.74) is 6.27.